The number of hydrogen-bond donors (Lipinski definition) is 0. The summed E-state index contributed by atoms with van der Waals surface area (Å²) in [5.41, 5.74) is 2.33. The van der Waals surface area contributed by atoms with Crippen LogP contribution in [0.5, 0.6) is 0 Å². The van der Waals surface area contributed by atoms with Crippen LogP contribution in [0.1, 0.15) is 64.0 Å². The summed E-state index contributed by atoms with van der Waals surface area (Å²) in [7, 11) is 0. The number of hydrogen-bond acceptors (Lipinski definition) is 2. The van der Waals surface area contributed by atoms with E-state index in [0.29, 0.717) is 11.8 Å². The molecule has 0 N–H and O–H groups in total. The van der Waals surface area contributed by atoms with Crippen molar-refractivity contribution in [2.24, 2.45) is 5.92 Å². The van der Waals surface area contributed by atoms with Gasteiger partial charge in [-0.2, -0.15) is 0 Å². The van der Waals surface area contributed by atoms with Crippen LogP contribution in [0, 0.1) is 12.8 Å². The highest BCUT2D eigenvalue weighted by atomic mass is 16.6. The van der Waals surface area contributed by atoms with Gasteiger partial charge in [0.2, 0.25) is 0 Å². The predicted octanol–water partition coefficient (Wildman–Crippen LogP) is 5.14. The zero-order valence-electron chi connectivity index (χ0n) is 15.3. The Kier molecular flexibility index (Phi) is 5.72. The molecule has 2 rings (SSSR count). The van der Waals surface area contributed by atoms with Gasteiger partial charge >= 0.3 is 6.09 Å². The van der Waals surface area contributed by atoms with E-state index in [1.54, 1.807) is 0 Å². The van der Waals surface area contributed by atoms with Crippen LogP contribution in [0.3, 0.4) is 0 Å². The lowest BCUT2D eigenvalue weighted by molar-refractivity contribution is 0.0173. The highest BCUT2D eigenvalue weighted by molar-refractivity contribution is 5.68. The van der Waals surface area contributed by atoms with Crippen molar-refractivity contribution >= 4 is 6.09 Å². The van der Waals surface area contributed by atoms with Crippen LogP contribution < -0.4 is 0 Å². The van der Waals surface area contributed by atoms with E-state index >= 15 is 0 Å². The van der Waals surface area contributed by atoms with Gasteiger partial charge in [-0.25, -0.2) is 4.79 Å². The van der Waals surface area contributed by atoms with Crippen LogP contribution in [0.25, 0.3) is 0 Å². The van der Waals surface area contributed by atoms with E-state index in [9.17, 15) is 4.79 Å². The lowest BCUT2D eigenvalue weighted by Gasteiger charge is -2.36. The summed E-state index contributed by atoms with van der Waals surface area (Å²) < 4.78 is 5.48. The van der Waals surface area contributed by atoms with Gasteiger partial charge in [0, 0.05) is 13.1 Å². The van der Waals surface area contributed by atoms with E-state index in [1.165, 1.54) is 11.1 Å². The average Bonchev–Trinajstić information content (AvgIpc) is 2.49. The Bertz CT molecular complexity index is 507. The van der Waals surface area contributed by atoms with Crippen molar-refractivity contribution in [2.75, 3.05) is 13.1 Å². The predicted molar refractivity (Wildman–Crippen MR) is 94.7 cm³/mol. The summed E-state index contributed by atoms with van der Waals surface area (Å²) in [6.07, 6.45) is 3.11. The van der Waals surface area contributed by atoms with E-state index in [-0.39, 0.29) is 6.09 Å². The first-order valence-corrected chi connectivity index (χ1v) is 8.84. The molecular weight excluding hydrogens is 286 g/mol. The number of likely N-dealkylation sites (tertiary alicyclic amines) is 1. The second-order valence-corrected chi connectivity index (χ2v) is 7.73. The molecule has 0 saturated carbocycles. The highest BCUT2D eigenvalue weighted by Crippen LogP contribution is 2.35. The number of benzene rings is 1. The molecule has 3 heteroatoms. The van der Waals surface area contributed by atoms with Crippen LogP contribution in [0.4, 0.5) is 4.79 Å². The Morgan fingerprint density at radius 1 is 1.22 bits per heavy atom. The SMILES string of the molecule is CCC(c1ccc(C)cc1)C1CCN(C(=O)OC(C)(C)C)CC1. The van der Waals surface area contributed by atoms with Gasteiger partial charge < -0.3 is 9.64 Å². The standard InChI is InChI=1S/C20H31NO2/c1-6-18(16-9-7-15(2)8-10-16)17-11-13-21(14-12-17)19(22)23-20(3,4)5/h7-10,17-18H,6,11-14H2,1-5H3. The Morgan fingerprint density at radius 2 is 1.78 bits per heavy atom. The minimum atomic E-state index is -0.415. The average molecular weight is 317 g/mol. The van der Waals surface area contributed by atoms with Gasteiger partial charge in [-0.05, 0) is 64.4 Å². The third-order valence-electron chi connectivity index (χ3n) is 4.71. The number of carbonyl (C=O) groups is 1. The van der Waals surface area contributed by atoms with Crippen LogP contribution >= 0.6 is 0 Å². The summed E-state index contributed by atoms with van der Waals surface area (Å²) in [6, 6.07) is 8.94. The molecule has 1 aliphatic rings. The quantitative estimate of drug-likeness (QED) is 0.773. The van der Waals surface area contributed by atoms with Crippen LogP contribution in [-0.4, -0.2) is 29.7 Å². The monoisotopic (exact) mass is 317 g/mol. The highest BCUT2D eigenvalue weighted by Gasteiger charge is 2.30. The van der Waals surface area contributed by atoms with Crippen molar-refractivity contribution in [3.63, 3.8) is 0 Å². The number of nitrogens with zero attached hydrogens (tertiary/aromatic N) is 1. The Balaban J connectivity index is 1.94. The number of piperidine rings is 1. The third-order valence-corrected chi connectivity index (χ3v) is 4.71. The summed E-state index contributed by atoms with van der Waals surface area (Å²) >= 11 is 0. The minimum absolute atomic E-state index is 0.167. The number of ether oxygens (including phenoxy) is 1. The van der Waals surface area contributed by atoms with Crippen molar-refractivity contribution in [3.05, 3.63) is 35.4 Å². The fourth-order valence-electron chi connectivity index (χ4n) is 3.47. The van der Waals surface area contributed by atoms with E-state index in [4.69, 9.17) is 4.74 Å². The minimum Gasteiger partial charge on any atom is -0.444 e. The Morgan fingerprint density at radius 3 is 2.26 bits per heavy atom. The van der Waals surface area contributed by atoms with Gasteiger partial charge in [0.25, 0.3) is 0 Å². The maximum atomic E-state index is 12.2. The van der Waals surface area contributed by atoms with E-state index in [2.05, 4.69) is 38.1 Å². The first kappa shape index (κ1) is 17.8. The molecule has 0 spiro atoms. The molecule has 1 aromatic carbocycles. The lowest BCUT2D eigenvalue weighted by atomic mass is 9.78. The van der Waals surface area contributed by atoms with Gasteiger partial charge in [-0.3, -0.25) is 0 Å². The molecule has 1 atom stereocenters. The molecule has 1 fully saturated rings. The second kappa shape index (κ2) is 7.37. The molecule has 0 aliphatic carbocycles. The molecule has 1 saturated heterocycles. The molecular formula is C20H31NO2. The molecule has 3 nitrogen and oxygen atoms in total. The normalized spacial score (nSPS) is 17.9. The van der Waals surface area contributed by atoms with Crippen molar-refractivity contribution in [3.8, 4) is 0 Å². The molecule has 1 heterocycles. The molecule has 128 valence electrons. The zero-order valence-corrected chi connectivity index (χ0v) is 15.3. The Labute approximate surface area is 141 Å². The largest absolute Gasteiger partial charge is 0.444 e. The Hall–Kier alpha value is -1.51. The van der Waals surface area contributed by atoms with Crippen molar-refractivity contribution in [1.29, 1.82) is 0 Å². The fraction of sp³-hybridized carbons (Fsp3) is 0.650. The first-order valence-electron chi connectivity index (χ1n) is 8.84. The van der Waals surface area contributed by atoms with Crippen molar-refractivity contribution in [2.45, 2.75) is 65.4 Å². The smallest absolute Gasteiger partial charge is 0.410 e. The van der Waals surface area contributed by atoms with Crippen LogP contribution in [0.2, 0.25) is 0 Å². The lowest BCUT2D eigenvalue weighted by Crippen LogP contribution is -2.42. The molecule has 1 amide bonds. The molecule has 1 aromatic rings. The molecule has 23 heavy (non-hydrogen) atoms. The molecule has 0 bridgehead atoms. The van der Waals surface area contributed by atoms with E-state index < -0.39 is 5.60 Å². The molecule has 0 radical (unpaired) electrons. The molecule has 1 aliphatic heterocycles. The summed E-state index contributed by atoms with van der Waals surface area (Å²) in [5.74, 6) is 1.25. The van der Waals surface area contributed by atoms with Gasteiger partial charge in [0.05, 0.1) is 0 Å². The maximum absolute atomic E-state index is 12.2. The summed E-state index contributed by atoms with van der Waals surface area (Å²) in [4.78, 5) is 14.0. The number of aryl methyl sites for hydroxylation is 1. The van der Waals surface area contributed by atoms with Gasteiger partial charge in [0.1, 0.15) is 5.60 Å². The number of amides is 1. The van der Waals surface area contributed by atoms with Crippen LogP contribution in [0.15, 0.2) is 24.3 Å². The number of rotatable bonds is 3. The summed E-state index contributed by atoms with van der Waals surface area (Å²) in [5, 5.41) is 0. The zero-order chi connectivity index (χ0) is 17.0. The van der Waals surface area contributed by atoms with Crippen molar-refractivity contribution < 1.29 is 9.53 Å². The fourth-order valence-corrected chi connectivity index (χ4v) is 3.47. The molecule has 1 unspecified atom stereocenters. The van der Waals surface area contributed by atoms with Crippen LogP contribution in [-0.2, 0) is 4.74 Å². The van der Waals surface area contributed by atoms with Crippen molar-refractivity contribution in [1.82, 2.24) is 4.90 Å². The first-order chi connectivity index (χ1) is 10.8. The summed E-state index contributed by atoms with van der Waals surface area (Å²) in [6.45, 7) is 11.8. The van der Waals surface area contributed by atoms with E-state index in [1.807, 2.05) is 25.7 Å². The third kappa shape index (κ3) is 4.98. The van der Waals surface area contributed by atoms with Gasteiger partial charge in [0.15, 0.2) is 0 Å². The maximum Gasteiger partial charge on any atom is 0.410 e. The van der Waals surface area contributed by atoms with Gasteiger partial charge in [-0.15, -0.1) is 0 Å². The van der Waals surface area contributed by atoms with E-state index in [0.717, 1.165) is 32.4 Å². The molecule has 0 aromatic heterocycles. The second-order valence-electron chi connectivity index (χ2n) is 7.73. The number of carbonyl (C=O) groups excluding carboxylic acids is 1. The topological polar surface area (TPSA) is 29.5 Å². The van der Waals surface area contributed by atoms with Gasteiger partial charge in [-0.1, -0.05) is 36.8 Å².